The number of rotatable bonds is 3. The first-order valence-corrected chi connectivity index (χ1v) is 5.67. The van der Waals surface area contributed by atoms with Crippen molar-refractivity contribution in [2.24, 2.45) is 0 Å². The summed E-state index contributed by atoms with van der Waals surface area (Å²) in [5.74, 6) is 0. The number of likely N-dealkylation sites (N-methyl/N-ethyl adjacent to an activating group) is 1. The molecule has 2 atom stereocenters. The van der Waals surface area contributed by atoms with Crippen LogP contribution in [0.15, 0.2) is 24.5 Å². The molecule has 1 aliphatic heterocycles. The molecule has 4 nitrogen and oxygen atoms in total. The second-order valence-corrected chi connectivity index (χ2v) is 4.30. The SMILES string of the molecule is CN(C)C(c1ccncc1)C1CNCCO1. The number of morpholine rings is 1. The molecule has 88 valence electrons. The van der Waals surface area contributed by atoms with E-state index in [1.54, 1.807) is 0 Å². The van der Waals surface area contributed by atoms with Gasteiger partial charge in [0, 0.05) is 25.5 Å². The molecule has 1 aliphatic rings. The van der Waals surface area contributed by atoms with Crippen LogP contribution in [0.25, 0.3) is 0 Å². The zero-order valence-electron chi connectivity index (χ0n) is 9.89. The predicted molar refractivity (Wildman–Crippen MR) is 63.3 cm³/mol. The maximum Gasteiger partial charge on any atom is 0.0896 e. The summed E-state index contributed by atoms with van der Waals surface area (Å²) in [7, 11) is 4.17. The zero-order valence-corrected chi connectivity index (χ0v) is 9.89. The lowest BCUT2D eigenvalue weighted by Gasteiger charge is -2.35. The van der Waals surface area contributed by atoms with Gasteiger partial charge in [-0.2, -0.15) is 0 Å². The Morgan fingerprint density at radius 1 is 1.44 bits per heavy atom. The van der Waals surface area contributed by atoms with E-state index in [1.165, 1.54) is 5.56 Å². The van der Waals surface area contributed by atoms with Crippen molar-refractivity contribution < 1.29 is 4.74 Å². The predicted octanol–water partition coefficient (Wildman–Crippen LogP) is 0.673. The molecule has 2 heterocycles. The topological polar surface area (TPSA) is 37.4 Å². The molecule has 0 aliphatic carbocycles. The minimum absolute atomic E-state index is 0.214. The van der Waals surface area contributed by atoms with E-state index >= 15 is 0 Å². The molecule has 0 bridgehead atoms. The van der Waals surface area contributed by atoms with E-state index in [4.69, 9.17) is 4.74 Å². The van der Waals surface area contributed by atoms with E-state index in [1.807, 2.05) is 12.4 Å². The Balaban J connectivity index is 2.16. The molecule has 0 amide bonds. The normalized spacial score (nSPS) is 23.3. The molecule has 2 rings (SSSR count). The lowest BCUT2D eigenvalue weighted by atomic mass is 10.0. The van der Waals surface area contributed by atoms with Gasteiger partial charge < -0.3 is 15.0 Å². The van der Waals surface area contributed by atoms with Gasteiger partial charge in [0.2, 0.25) is 0 Å². The maximum atomic E-state index is 5.83. The summed E-state index contributed by atoms with van der Waals surface area (Å²) < 4.78 is 5.83. The summed E-state index contributed by atoms with van der Waals surface area (Å²) in [4.78, 5) is 6.26. The van der Waals surface area contributed by atoms with Crippen LogP contribution in [-0.2, 0) is 4.74 Å². The fourth-order valence-corrected chi connectivity index (χ4v) is 2.19. The van der Waals surface area contributed by atoms with Gasteiger partial charge in [-0.1, -0.05) is 0 Å². The molecule has 1 saturated heterocycles. The van der Waals surface area contributed by atoms with Crippen molar-refractivity contribution in [3.05, 3.63) is 30.1 Å². The first kappa shape index (κ1) is 11.5. The molecule has 1 N–H and O–H groups in total. The fourth-order valence-electron chi connectivity index (χ4n) is 2.19. The van der Waals surface area contributed by atoms with Crippen molar-refractivity contribution >= 4 is 0 Å². The van der Waals surface area contributed by atoms with Crippen LogP contribution in [0.5, 0.6) is 0 Å². The van der Waals surface area contributed by atoms with Gasteiger partial charge >= 0.3 is 0 Å². The third kappa shape index (κ3) is 2.58. The summed E-state index contributed by atoms with van der Waals surface area (Å²) in [5, 5.41) is 3.37. The molecule has 4 heteroatoms. The largest absolute Gasteiger partial charge is 0.374 e. The number of hydrogen-bond acceptors (Lipinski definition) is 4. The van der Waals surface area contributed by atoms with Crippen molar-refractivity contribution in [3.63, 3.8) is 0 Å². The van der Waals surface area contributed by atoms with E-state index in [2.05, 4.69) is 41.4 Å². The highest BCUT2D eigenvalue weighted by molar-refractivity contribution is 5.17. The van der Waals surface area contributed by atoms with Gasteiger partial charge in [0.15, 0.2) is 0 Å². The van der Waals surface area contributed by atoms with Gasteiger partial charge in [-0.15, -0.1) is 0 Å². The number of pyridine rings is 1. The summed E-state index contributed by atoms with van der Waals surface area (Å²) in [5.41, 5.74) is 1.26. The van der Waals surface area contributed by atoms with Crippen LogP contribution in [0.4, 0.5) is 0 Å². The molecule has 0 saturated carbocycles. The van der Waals surface area contributed by atoms with Crippen LogP contribution in [0, 0.1) is 0 Å². The third-order valence-corrected chi connectivity index (χ3v) is 2.91. The number of aromatic nitrogens is 1. The van der Waals surface area contributed by atoms with Gasteiger partial charge in [0.1, 0.15) is 0 Å². The molecule has 0 aromatic carbocycles. The molecule has 16 heavy (non-hydrogen) atoms. The summed E-state index contributed by atoms with van der Waals surface area (Å²) in [6.07, 6.45) is 3.88. The highest BCUT2D eigenvalue weighted by Gasteiger charge is 2.27. The van der Waals surface area contributed by atoms with Crippen LogP contribution in [0.3, 0.4) is 0 Å². The van der Waals surface area contributed by atoms with E-state index in [9.17, 15) is 0 Å². The minimum Gasteiger partial charge on any atom is -0.374 e. The third-order valence-electron chi connectivity index (χ3n) is 2.91. The standard InChI is InChI=1S/C12H19N3O/c1-15(2)12(10-3-5-13-6-4-10)11-9-14-7-8-16-11/h3-6,11-12,14H,7-9H2,1-2H3. The van der Waals surface area contributed by atoms with Gasteiger partial charge in [-0.05, 0) is 31.8 Å². The molecule has 1 aromatic rings. The average Bonchev–Trinajstić information content (AvgIpc) is 2.31. The Morgan fingerprint density at radius 2 is 2.19 bits per heavy atom. The van der Waals surface area contributed by atoms with E-state index in [-0.39, 0.29) is 12.1 Å². The number of ether oxygens (including phenoxy) is 1. The van der Waals surface area contributed by atoms with Gasteiger partial charge in [-0.25, -0.2) is 0 Å². The molecule has 1 fully saturated rings. The van der Waals surface area contributed by atoms with Crippen LogP contribution < -0.4 is 5.32 Å². The molecule has 0 spiro atoms. The second kappa shape index (κ2) is 5.39. The monoisotopic (exact) mass is 221 g/mol. The number of nitrogens with zero attached hydrogens (tertiary/aromatic N) is 2. The van der Waals surface area contributed by atoms with Crippen LogP contribution in [0.2, 0.25) is 0 Å². The Bertz CT molecular complexity index is 309. The first-order chi connectivity index (χ1) is 7.79. The van der Waals surface area contributed by atoms with Crippen molar-refractivity contribution in [1.82, 2.24) is 15.2 Å². The molecule has 0 radical (unpaired) electrons. The highest BCUT2D eigenvalue weighted by Crippen LogP contribution is 2.24. The van der Waals surface area contributed by atoms with Gasteiger partial charge in [0.05, 0.1) is 18.8 Å². The van der Waals surface area contributed by atoms with Gasteiger partial charge in [0.25, 0.3) is 0 Å². The van der Waals surface area contributed by atoms with Crippen LogP contribution >= 0.6 is 0 Å². The molecule has 2 unspecified atom stereocenters. The Kier molecular flexibility index (Phi) is 3.88. The van der Waals surface area contributed by atoms with Crippen molar-refractivity contribution in [1.29, 1.82) is 0 Å². The summed E-state index contributed by atoms with van der Waals surface area (Å²) in [6, 6.07) is 4.40. The fraction of sp³-hybridized carbons (Fsp3) is 0.583. The number of nitrogens with one attached hydrogen (secondary N) is 1. The lowest BCUT2D eigenvalue weighted by Crippen LogP contribution is -2.45. The van der Waals surface area contributed by atoms with E-state index < -0.39 is 0 Å². The maximum absolute atomic E-state index is 5.83. The zero-order chi connectivity index (χ0) is 11.4. The first-order valence-electron chi connectivity index (χ1n) is 5.67. The smallest absolute Gasteiger partial charge is 0.0896 e. The van der Waals surface area contributed by atoms with Crippen molar-refractivity contribution in [2.45, 2.75) is 12.1 Å². The molecule has 1 aromatic heterocycles. The molecular weight excluding hydrogens is 202 g/mol. The Labute approximate surface area is 96.6 Å². The minimum atomic E-state index is 0.214. The quantitative estimate of drug-likeness (QED) is 0.814. The molecular formula is C12H19N3O. The van der Waals surface area contributed by atoms with E-state index in [0.717, 1.165) is 19.7 Å². The van der Waals surface area contributed by atoms with Gasteiger partial charge in [-0.3, -0.25) is 4.98 Å². The number of hydrogen-bond donors (Lipinski definition) is 1. The Morgan fingerprint density at radius 3 is 2.75 bits per heavy atom. The highest BCUT2D eigenvalue weighted by atomic mass is 16.5. The van der Waals surface area contributed by atoms with Crippen LogP contribution in [0.1, 0.15) is 11.6 Å². The summed E-state index contributed by atoms with van der Waals surface area (Å²) >= 11 is 0. The summed E-state index contributed by atoms with van der Waals surface area (Å²) in [6.45, 7) is 2.65. The average molecular weight is 221 g/mol. The lowest BCUT2D eigenvalue weighted by molar-refractivity contribution is -0.0211. The van der Waals surface area contributed by atoms with Crippen molar-refractivity contribution in [2.75, 3.05) is 33.8 Å². The van der Waals surface area contributed by atoms with Crippen LogP contribution in [-0.4, -0.2) is 49.8 Å². The Hall–Kier alpha value is -0.970. The van der Waals surface area contributed by atoms with Crippen molar-refractivity contribution in [3.8, 4) is 0 Å². The second-order valence-electron chi connectivity index (χ2n) is 4.30. The van der Waals surface area contributed by atoms with E-state index in [0.29, 0.717) is 0 Å².